The number of nitrogens with one attached hydrogen (secondary N) is 1. The molecule has 3 rings (SSSR count). The molecule has 0 aromatic heterocycles. The third-order valence-electron chi connectivity index (χ3n) is 6.20. The lowest BCUT2D eigenvalue weighted by Crippen LogP contribution is -2.51. The molecule has 214 valence electrons. The second-order valence-corrected chi connectivity index (χ2v) is 11.8. The summed E-state index contributed by atoms with van der Waals surface area (Å²) in [5, 5.41) is 3.47. The first-order chi connectivity index (χ1) is 19.0. The number of nitrogens with zero attached hydrogens (tertiary/aromatic N) is 2. The maximum absolute atomic E-state index is 13.9. The van der Waals surface area contributed by atoms with Gasteiger partial charge in [0.25, 0.3) is 10.0 Å². The second kappa shape index (κ2) is 13.9. The molecule has 0 saturated carbocycles. The zero-order chi connectivity index (χ0) is 29.4. The molecular weight excluding hydrogens is 573 g/mol. The fourth-order valence-corrected chi connectivity index (χ4v) is 5.86. The molecule has 1 atom stereocenters. The van der Waals surface area contributed by atoms with E-state index in [2.05, 4.69) is 5.32 Å². The van der Waals surface area contributed by atoms with Crippen LogP contribution in [0.4, 0.5) is 5.69 Å². The van der Waals surface area contributed by atoms with Crippen molar-refractivity contribution in [2.45, 2.75) is 45.2 Å². The predicted molar refractivity (Wildman–Crippen MR) is 158 cm³/mol. The second-order valence-electron chi connectivity index (χ2n) is 9.08. The van der Waals surface area contributed by atoms with E-state index in [0.717, 1.165) is 9.87 Å². The number of amides is 2. The quantitative estimate of drug-likeness (QED) is 0.296. The predicted octanol–water partition coefficient (Wildman–Crippen LogP) is 5.45. The molecule has 0 radical (unpaired) electrons. The smallest absolute Gasteiger partial charge is 0.264 e. The highest BCUT2D eigenvalue weighted by Crippen LogP contribution is 2.28. The van der Waals surface area contributed by atoms with E-state index in [1.807, 2.05) is 13.8 Å². The minimum atomic E-state index is -4.17. The Labute approximate surface area is 245 Å². The van der Waals surface area contributed by atoms with Crippen LogP contribution >= 0.6 is 23.2 Å². The molecule has 11 heteroatoms. The number of anilines is 1. The number of sulfonamides is 1. The fourth-order valence-electron chi connectivity index (χ4n) is 3.98. The van der Waals surface area contributed by atoms with Crippen molar-refractivity contribution in [2.75, 3.05) is 24.0 Å². The van der Waals surface area contributed by atoms with E-state index in [1.165, 1.54) is 17.0 Å². The molecular formula is C29H33Cl2N3O5S. The molecule has 3 aromatic rings. The van der Waals surface area contributed by atoms with E-state index in [-0.39, 0.29) is 23.0 Å². The topological polar surface area (TPSA) is 96.0 Å². The van der Waals surface area contributed by atoms with Gasteiger partial charge in [-0.3, -0.25) is 13.9 Å². The molecule has 0 saturated heterocycles. The van der Waals surface area contributed by atoms with Gasteiger partial charge in [-0.05, 0) is 81.8 Å². The third-order valence-corrected chi connectivity index (χ3v) is 8.57. The van der Waals surface area contributed by atoms with Gasteiger partial charge in [0.05, 0.1) is 17.2 Å². The van der Waals surface area contributed by atoms with Gasteiger partial charge < -0.3 is 15.0 Å². The van der Waals surface area contributed by atoms with Crippen LogP contribution < -0.4 is 14.4 Å². The van der Waals surface area contributed by atoms with Crippen molar-refractivity contribution in [3.05, 3.63) is 87.9 Å². The number of ether oxygens (including phenoxy) is 1. The van der Waals surface area contributed by atoms with Crippen molar-refractivity contribution in [1.29, 1.82) is 0 Å². The normalized spacial score (nSPS) is 11.9. The molecule has 0 spiro atoms. The molecule has 40 heavy (non-hydrogen) atoms. The fraction of sp³-hybridized carbons (Fsp3) is 0.310. The lowest BCUT2D eigenvalue weighted by Gasteiger charge is -2.32. The summed E-state index contributed by atoms with van der Waals surface area (Å²) in [6.07, 6.45) is 0. The lowest BCUT2D eigenvalue weighted by molar-refractivity contribution is -0.139. The summed E-state index contributed by atoms with van der Waals surface area (Å²) in [6.45, 7) is 7.28. The number of aryl methyl sites for hydroxylation is 1. The molecule has 8 nitrogen and oxygen atoms in total. The Morgan fingerprint density at radius 2 is 1.62 bits per heavy atom. The maximum atomic E-state index is 13.9. The van der Waals surface area contributed by atoms with Gasteiger partial charge in [-0.25, -0.2) is 8.42 Å². The van der Waals surface area contributed by atoms with Crippen molar-refractivity contribution in [1.82, 2.24) is 10.2 Å². The first kappa shape index (κ1) is 31.3. The summed E-state index contributed by atoms with van der Waals surface area (Å²) in [5.41, 5.74) is 1.72. The Hall–Kier alpha value is -3.27. The number of likely N-dealkylation sites (N-methyl/N-ethyl adjacent to an activating group) is 1. The molecule has 2 amide bonds. The monoisotopic (exact) mass is 605 g/mol. The molecule has 0 heterocycles. The summed E-state index contributed by atoms with van der Waals surface area (Å²) in [6, 6.07) is 16.8. The van der Waals surface area contributed by atoms with Crippen molar-refractivity contribution in [3.63, 3.8) is 0 Å². The molecule has 3 aromatic carbocycles. The molecule has 0 unspecified atom stereocenters. The molecule has 0 aliphatic heterocycles. The first-order valence-electron chi connectivity index (χ1n) is 12.8. The van der Waals surface area contributed by atoms with Crippen LogP contribution in [0.15, 0.2) is 71.6 Å². The van der Waals surface area contributed by atoms with Gasteiger partial charge in [0, 0.05) is 23.1 Å². The van der Waals surface area contributed by atoms with Crippen LogP contribution in [0.5, 0.6) is 5.75 Å². The van der Waals surface area contributed by atoms with Crippen molar-refractivity contribution < 1.29 is 22.7 Å². The van der Waals surface area contributed by atoms with Crippen molar-refractivity contribution >= 4 is 50.7 Å². The van der Waals surface area contributed by atoms with E-state index >= 15 is 0 Å². The van der Waals surface area contributed by atoms with Gasteiger partial charge in [0.15, 0.2) is 0 Å². The average molecular weight is 607 g/mol. The van der Waals surface area contributed by atoms with E-state index in [9.17, 15) is 18.0 Å². The van der Waals surface area contributed by atoms with Crippen LogP contribution in [-0.4, -0.2) is 50.9 Å². The highest BCUT2D eigenvalue weighted by atomic mass is 35.5. The summed E-state index contributed by atoms with van der Waals surface area (Å²) < 4.78 is 34.3. The molecule has 0 bridgehead atoms. The number of halogens is 2. The summed E-state index contributed by atoms with van der Waals surface area (Å²) in [7, 11) is -4.17. The van der Waals surface area contributed by atoms with E-state index in [4.69, 9.17) is 27.9 Å². The standard InChI is InChI=1S/C29H33Cl2N3O5S/c1-5-32-29(36)21(4)33(18-22-9-10-23(30)17-27(22)31)28(35)19-34(24-11-13-25(14-12-24)39-6-2)40(37,38)26-15-7-20(3)8-16-26/h7-17,21H,5-6,18-19H2,1-4H3,(H,32,36)/t21-/m1/s1. The minimum Gasteiger partial charge on any atom is -0.494 e. The molecule has 0 fully saturated rings. The highest BCUT2D eigenvalue weighted by molar-refractivity contribution is 7.92. The number of carbonyl (C=O) groups excluding carboxylic acids is 2. The summed E-state index contributed by atoms with van der Waals surface area (Å²) in [4.78, 5) is 28.1. The Morgan fingerprint density at radius 1 is 0.975 bits per heavy atom. The van der Waals surface area contributed by atoms with Crippen LogP contribution in [0.2, 0.25) is 10.0 Å². The highest BCUT2D eigenvalue weighted by Gasteiger charge is 2.32. The van der Waals surface area contributed by atoms with Gasteiger partial charge in [0.1, 0.15) is 18.3 Å². The number of hydrogen-bond acceptors (Lipinski definition) is 5. The molecule has 0 aliphatic carbocycles. The molecule has 1 N–H and O–H groups in total. The summed E-state index contributed by atoms with van der Waals surface area (Å²) >= 11 is 12.4. The Balaban J connectivity index is 2.05. The van der Waals surface area contributed by atoms with Gasteiger partial charge in [0.2, 0.25) is 11.8 Å². The van der Waals surface area contributed by atoms with Crippen LogP contribution in [0.3, 0.4) is 0 Å². The third kappa shape index (κ3) is 7.68. The molecule has 0 aliphatic rings. The van der Waals surface area contributed by atoms with E-state index in [0.29, 0.717) is 34.5 Å². The van der Waals surface area contributed by atoms with Crippen molar-refractivity contribution in [3.8, 4) is 5.75 Å². The minimum absolute atomic E-state index is 0.0313. The SMILES string of the molecule is CCNC(=O)[C@@H](C)N(Cc1ccc(Cl)cc1Cl)C(=O)CN(c1ccc(OCC)cc1)S(=O)(=O)c1ccc(C)cc1. The van der Waals surface area contributed by atoms with Crippen LogP contribution in [0, 0.1) is 6.92 Å². The first-order valence-corrected chi connectivity index (χ1v) is 15.0. The number of carbonyl (C=O) groups is 2. The average Bonchev–Trinajstić information content (AvgIpc) is 2.92. The van der Waals surface area contributed by atoms with Crippen LogP contribution in [0.25, 0.3) is 0 Å². The number of benzene rings is 3. The Morgan fingerprint density at radius 3 is 2.20 bits per heavy atom. The lowest BCUT2D eigenvalue weighted by atomic mass is 10.1. The zero-order valence-corrected chi connectivity index (χ0v) is 25.2. The van der Waals surface area contributed by atoms with Crippen LogP contribution in [0.1, 0.15) is 31.9 Å². The van der Waals surface area contributed by atoms with Crippen molar-refractivity contribution in [2.24, 2.45) is 0 Å². The zero-order valence-electron chi connectivity index (χ0n) is 22.9. The maximum Gasteiger partial charge on any atom is 0.264 e. The van der Waals surface area contributed by atoms with Gasteiger partial charge in [-0.1, -0.05) is 47.0 Å². The van der Waals surface area contributed by atoms with Gasteiger partial charge in [-0.15, -0.1) is 0 Å². The van der Waals surface area contributed by atoms with Crippen LogP contribution in [-0.2, 0) is 26.2 Å². The van der Waals surface area contributed by atoms with E-state index < -0.39 is 28.5 Å². The van der Waals surface area contributed by atoms with Gasteiger partial charge >= 0.3 is 0 Å². The number of hydrogen-bond donors (Lipinski definition) is 1. The largest absolute Gasteiger partial charge is 0.494 e. The van der Waals surface area contributed by atoms with E-state index in [1.54, 1.807) is 68.4 Å². The van der Waals surface area contributed by atoms with Gasteiger partial charge in [-0.2, -0.15) is 0 Å². The number of rotatable bonds is 12. The Bertz CT molecular complexity index is 1430. The Kier molecular flexibility index (Phi) is 10.8. The summed E-state index contributed by atoms with van der Waals surface area (Å²) in [5.74, 6) is -0.404.